The zero-order chi connectivity index (χ0) is 23.4. The van der Waals surface area contributed by atoms with E-state index in [9.17, 15) is 14.4 Å². The maximum absolute atomic E-state index is 13.2. The maximum atomic E-state index is 13.2. The number of anilines is 1. The molecule has 0 saturated heterocycles. The molecule has 0 aliphatic carbocycles. The van der Waals surface area contributed by atoms with Gasteiger partial charge in [0.25, 0.3) is 11.5 Å². The van der Waals surface area contributed by atoms with E-state index < -0.39 is 5.97 Å². The Morgan fingerprint density at radius 1 is 0.939 bits per heavy atom. The third-order valence-corrected chi connectivity index (χ3v) is 5.15. The number of hydrogen-bond acceptors (Lipinski definition) is 5. The number of nitrogens with zero attached hydrogens (tertiary/aromatic N) is 1. The van der Waals surface area contributed by atoms with Crippen LogP contribution in [0.15, 0.2) is 83.8 Å². The minimum absolute atomic E-state index is 0.241. The number of carbonyl (C=O) groups excluding carboxylic acids is 2. The molecule has 4 aromatic rings. The first-order valence-electron chi connectivity index (χ1n) is 10.4. The SMILES string of the molecule is CCOC(=O)c1ccc(NC(=O)c2cn(-c3cccc(OC)c3)c(=O)c3ccccc23)cc1. The topological polar surface area (TPSA) is 86.6 Å². The van der Waals surface area contributed by atoms with Crippen LogP contribution >= 0.6 is 0 Å². The molecule has 4 rings (SSSR count). The third-order valence-electron chi connectivity index (χ3n) is 5.15. The van der Waals surface area contributed by atoms with Crippen molar-refractivity contribution >= 4 is 28.3 Å². The number of aromatic nitrogens is 1. The molecule has 0 saturated carbocycles. The lowest BCUT2D eigenvalue weighted by atomic mass is 10.1. The second-order valence-electron chi connectivity index (χ2n) is 7.22. The van der Waals surface area contributed by atoms with Gasteiger partial charge in [0.1, 0.15) is 5.75 Å². The van der Waals surface area contributed by atoms with Gasteiger partial charge in [-0.1, -0.05) is 24.3 Å². The number of hydrogen-bond donors (Lipinski definition) is 1. The summed E-state index contributed by atoms with van der Waals surface area (Å²) in [6.07, 6.45) is 1.53. The van der Waals surface area contributed by atoms with E-state index >= 15 is 0 Å². The number of pyridine rings is 1. The molecule has 33 heavy (non-hydrogen) atoms. The van der Waals surface area contributed by atoms with Crippen molar-refractivity contribution in [1.82, 2.24) is 4.57 Å². The second-order valence-corrected chi connectivity index (χ2v) is 7.22. The number of esters is 1. The molecule has 0 bridgehead atoms. The molecule has 7 nitrogen and oxygen atoms in total. The lowest BCUT2D eigenvalue weighted by Gasteiger charge is -2.13. The van der Waals surface area contributed by atoms with Crippen molar-refractivity contribution in [3.05, 3.63) is 100 Å². The van der Waals surface area contributed by atoms with Crippen LogP contribution in [0.4, 0.5) is 5.69 Å². The van der Waals surface area contributed by atoms with Crippen molar-refractivity contribution < 1.29 is 19.1 Å². The van der Waals surface area contributed by atoms with Crippen LogP contribution in [0.1, 0.15) is 27.6 Å². The van der Waals surface area contributed by atoms with Gasteiger partial charge in [0.05, 0.1) is 30.5 Å². The molecule has 1 N–H and O–H groups in total. The summed E-state index contributed by atoms with van der Waals surface area (Å²) >= 11 is 0. The van der Waals surface area contributed by atoms with Gasteiger partial charge < -0.3 is 14.8 Å². The molecule has 0 atom stereocenters. The van der Waals surface area contributed by atoms with E-state index in [0.29, 0.717) is 39.0 Å². The van der Waals surface area contributed by atoms with Gasteiger partial charge in [-0.25, -0.2) is 4.79 Å². The summed E-state index contributed by atoms with van der Waals surface area (Å²) in [6.45, 7) is 2.02. The molecule has 0 aliphatic heterocycles. The number of rotatable bonds is 6. The van der Waals surface area contributed by atoms with Crippen molar-refractivity contribution in [2.24, 2.45) is 0 Å². The summed E-state index contributed by atoms with van der Waals surface area (Å²) in [5.74, 6) is -0.210. The molecule has 0 aliphatic rings. The van der Waals surface area contributed by atoms with Gasteiger partial charge in [-0.15, -0.1) is 0 Å². The van der Waals surface area contributed by atoms with Gasteiger partial charge in [-0.05, 0) is 49.4 Å². The fourth-order valence-electron chi connectivity index (χ4n) is 3.53. The summed E-state index contributed by atoms with van der Waals surface area (Å²) in [6, 6.07) is 20.5. The Balaban J connectivity index is 1.74. The summed E-state index contributed by atoms with van der Waals surface area (Å²) in [5, 5.41) is 3.80. The van der Waals surface area contributed by atoms with E-state index in [4.69, 9.17) is 9.47 Å². The molecule has 7 heteroatoms. The van der Waals surface area contributed by atoms with E-state index in [1.807, 2.05) is 0 Å². The highest BCUT2D eigenvalue weighted by Crippen LogP contribution is 2.21. The molecule has 3 aromatic carbocycles. The first kappa shape index (κ1) is 21.8. The number of nitrogens with one attached hydrogen (secondary N) is 1. The van der Waals surface area contributed by atoms with E-state index in [1.54, 1.807) is 86.8 Å². The predicted molar refractivity (Wildman–Crippen MR) is 126 cm³/mol. The highest BCUT2D eigenvalue weighted by molar-refractivity contribution is 6.12. The number of ether oxygens (including phenoxy) is 2. The largest absolute Gasteiger partial charge is 0.497 e. The Labute approximate surface area is 190 Å². The molecule has 0 unspecified atom stereocenters. The quantitative estimate of drug-likeness (QED) is 0.447. The normalized spacial score (nSPS) is 10.6. The maximum Gasteiger partial charge on any atom is 0.338 e. The predicted octanol–water partition coefficient (Wildman–Crippen LogP) is 4.43. The number of methoxy groups -OCH3 is 1. The summed E-state index contributed by atoms with van der Waals surface area (Å²) < 4.78 is 11.7. The molecule has 0 spiro atoms. The van der Waals surface area contributed by atoms with E-state index in [0.717, 1.165) is 0 Å². The van der Waals surface area contributed by atoms with Crippen LogP contribution < -0.4 is 15.6 Å². The lowest BCUT2D eigenvalue weighted by molar-refractivity contribution is 0.0526. The Hall–Kier alpha value is -4.39. The number of benzene rings is 3. The second kappa shape index (κ2) is 9.40. The van der Waals surface area contributed by atoms with Gasteiger partial charge in [0.2, 0.25) is 0 Å². The highest BCUT2D eigenvalue weighted by atomic mass is 16.5. The van der Waals surface area contributed by atoms with Crippen molar-refractivity contribution in [2.45, 2.75) is 6.92 Å². The van der Waals surface area contributed by atoms with Crippen LogP contribution in [-0.2, 0) is 4.74 Å². The average molecular weight is 442 g/mol. The third kappa shape index (κ3) is 4.48. The smallest absolute Gasteiger partial charge is 0.338 e. The van der Waals surface area contributed by atoms with E-state index in [2.05, 4.69) is 5.32 Å². The average Bonchev–Trinajstić information content (AvgIpc) is 2.85. The van der Waals surface area contributed by atoms with Gasteiger partial charge >= 0.3 is 5.97 Å². The summed E-state index contributed by atoms with van der Waals surface area (Å²) in [7, 11) is 1.55. The fourth-order valence-corrected chi connectivity index (χ4v) is 3.53. The van der Waals surface area contributed by atoms with Crippen LogP contribution in [0.3, 0.4) is 0 Å². The van der Waals surface area contributed by atoms with Crippen molar-refractivity contribution in [1.29, 1.82) is 0 Å². The van der Waals surface area contributed by atoms with Crippen LogP contribution in [0.25, 0.3) is 16.5 Å². The van der Waals surface area contributed by atoms with Crippen LogP contribution in [0, 0.1) is 0 Å². The molecule has 1 aromatic heterocycles. The van der Waals surface area contributed by atoms with Crippen LogP contribution in [-0.4, -0.2) is 30.2 Å². The van der Waals surface area contributed by atoms with Gasteiger partial charge in [0, 0.05) is 28.7 Å². The Kier molecular flexibility index (Phi) is 6.22. The van der Waals surface area contributed by atoms with Crippen LogP contribution in [0.5, 0.6) is 5.75 Å². The minimum Gasteiger partial charge on any atom is -0.497 e. The van der Waals surface area contributed by atoms with Gasteiger partial charge in [-0.2, -0.15) is 0 Å². The first-order chi connectivity index (χ1) is 16.0. The van der Waals surface area contributed by atoms with Crippen LogP contribution in [0.2, 0.25) is 0 Å². The standard InChI is InChI=1S/C26H22N2O5/c1-3-33-26(31)17-11-13-18(14-12-17)27-24(29)23-16-28(19-7-6-8-20(15-19)32-2)25(30)22-10-5-4-9-21(22)23/h4-16H,3H2,1-2H3,(H,27,29). The molecule has 1 heterocycles. The number of carbonyl (C=O) groups is 2. The Morgan fingerprint density at radius 2 is 1.67 bits per heavy atom. The van der Waals surface area contributed by atoms with Crippen molar-refractivity contribution in [3.8, 4) is 11.4 Å². The first-order valence-corrected chi connectivity index (χ1v) is 10.4. The minimum atomic E-state index is -0.424. The number of amides is 1. The van der Waals surface area contributed by atoms with E-state index in [1.165, 1.54) is 10.8 Å². The monoisotopic (exact) mass is 442 g/mol. The molecule has 1 amide bonds. The molecule has 166 valence electrons. The molecular weight excluding hydrogens is 420 g/mol. The zero-order valence-corrected chi connectivity index (χ0v) is 18.2. The number of fused-ring (bicyclic) bond motifs is 1. The molecule has 0 radical (unpaired) electrons. The molecule has 0 fully saturated rings. The highest BCUT2D eigenvalue weighted by Gasteiger charge is 2.16. The lowest BCUT2D eigenvalue weighted by Crippen LogP contribution is -2.22. The zero-order valence-electron chi connectivity index (χ0n) is 18.2. The van der Waals surface area contributed by atoms with Crippen molar-refractivity contribution in [3.63, 3.8) is 0 Å². The van der Waals surface area contributed by atoms with Gasteiger partial charge in [-0.3, -0.25) is 14.2 Å². The Morgan fingerprint density at radius 3 is 2.36 bits per heavy atom. The Bertz CT molecular complexity index is 1390. The van der Waals surface area contributed by atoms with E-state index in [-0.39, 0.29) is 18.1 Å². The molecular formula is C26H22N2O5. The van der Waals surface area contributed by atoms with Gasteiger partial charge in [0.15, 0.2) is 0 Å². The van der Waals surface area contributed by atoms with Crippen molar-refractivity contribution in [2.75, 3.05) is 19.0 Å². The summed E-state index contributed by atoms with van der Waals surface area (Å²) in [4.78, 5) is 38.2. The fraction of sp³-hybridized carbons (Fsp3) is 0.115. The summed E-state index contributed by atoms with van der Waals surface area (Å²) in [5.41, 5.74) is 1.58.